The van der Waals surface area contributed by atoms with Gasteiger partial charge in [0.1, 0.15) is 11.9 Å². The Morgan fingerprint density at radius 2 is 1.84 bits per heavy atom. The summed E-state index contributed by atoms with van der Waals surface area (Å²) in [6.07, 6.45) is 8.20. The largest absolute Gasteiger partial charge is 0.487 e. The maximum absolute atomic E-state index is 6.51. The van der Waals surface area contributed by atoms with Crippen LogP contribution in [0.2, 0.25) is 0 Å². The van der Waals surface area contributed by atoms with Gasteiger partial charge in [0.15, 0.2) is 0 Å². The average Bonchev–Trinajstić information content (AvgIpc) is 2.75. The van der Waals surface area contributed by atoms with E-state index in [2.05, 4.69) is 18.2 Å². The maximum atomic E-state index is 6.51. The van der Waals surface area contributed by atoms with E-state index in [4.69, 9.17) is 10.5 Å². The van der Waals surface area contributed by atoms with Crippen LogP contribution in [0.4, 0.5) is 0 Å². The van der Waals surface area contributed by atoms with Crippen molar-refractivity contribution in [2.24, 2.45) is 11.7 Å². The molecule has 19 heavy (non-hydrogen) atoms. The van der Waals surface area contributed by atoms with Crippen molar-refractivity contribution in [2.45, 2.75) is 55.6 Å². The molecule has 0 aromatic heterocycles. The molecule has 0 bridgehead atoms. The highest BCUT2D eigenvalue weighted by atomic mass is 32.2. The van der Waals surface area contributed by atoms with Crippen molar-refractivity contribution in [2.75, 3.05) is 5.75 Å². The molecular formula is C16H23NOS. The van der Waals surface area contributed by atoms with E-state index in [1.807, 2.05) is 17.8 Å². The van der Waals surface area contributed by atoms with E-state index in [9.17, 15) is 0 Å². The first-order chi connectivity index (χ1) is 9.34. The summed E-state index contributed by atoms with van der Waals surface area (Å²) in [5, 5.41) is 0. The normalized spacial score (nSPS) is 26.1. The first-order valence-corrected chi connectivity index (χ1v) is 8.47. The molecule has 0 saturated heterocycles. The van der Waals surface area contributed by atoms with Gasteiger partial charge in [0.25, 0.3) is 0 Å². The van der Waals surface area contributed by atoms with E-state index >= 15 is 0 Å². The minimum absolute atomic E-state index is 0.183. The maximum Gasteiger partial charge on any atom is 0.133 e. The molecule has 2 aliphatic rings. The summed E-state index contributed by atoms with van der Waals surface area (Å²) >= 11 is 1.89. The Morgan fingerprint density at radius 1 is 1.11 bits per heavy atom. The van der Waals surface area contributed by atoms with Crippen molar-refractivity contribution in [3.63, 3.8) is 0 Å². The summed E-state index contributed by atoms with van der Waals surface area (Å²) in [6, 6.07) is 8.50. The van der Waals surface area contributed by atoms with Gasteiger partial charge in [0.05, 0.1) is 0 Å². The van der Waals surface area contributed by atoms with Crippen molar-refractivity contribution in [3.05, 3.63) is 24.3 Å². The molecular weight excluding hydrogens is 254 g/mol. The van der Waals surface area contributed by atoms with E-state index in [1.54, 1.807) is 0 Å². The third kappa shape index (κ3) is 3.09. The lowest BCUT2D eigenvalue weighted by Gasteiger charge is -2.33. The number of thioether (sulfide) groups is 1. The van der Waals surface area contributed by atoms with Crippen molar-refractivity contribution in [1.82, 2.24) is 0 Å². The van der Waals surface area contributed by atoms with E-state index in [1.165, 1.54) is 43.4 Å². The van der Waals surface area contributed by atoms with Crippen LogP contribution in [0.3, 0.4) is 0 Å². The number of nitrogens with two attached hydrogens (primary N) is 1. The number of rotatable bonds is 2. The number of benzene rings is 1. The van der Waals surface area contributed by atoms with Crippen LogP contribution in [0.5, 0.6) is 5.75 Å². The smallest absolute Gasteiger partial charge is 0.133 e. The second kappa shape index (κ2) is 6.19. The molecule has 1 heterocycles. The SMILES string of the molecule is NC(C1CCCCCC1)C1CSc2ccccc2O1. The molecule has 1 aliphatic carbocycles. The fourth-order valence-corrected chi connectivity index (χ4v) is 4.29. The van der Waals surface area contributed by atoms with Gasteiger partial charge in [-0.1, -0.05) is 37.8 Å². The van der Waals surface area contributed by atoms with Crippen molar-refractivity contribution in [3.8, 4) is 5.75 Å². The Kier molecular flexibility index (Phi) is 4.34. The predicted molar refractivity (Wildman–Crippen MR) is 80.7 cm³/mol. The van der Waals surface area contributed by atoms with Crippen LogP contribution < -0.4 is 10.5 Å². The first-order valence-electron chi connectivity index (χ1n) is 7.48. The van der Waals surface area contributed by atoms with Gasteiger partial charge in [-0.25, -0.2) is 0 Å². The lowest BCUT2D eigenvalue weighted by atomic mass is 9.89. The monoisotopic (exact) mass is 277 g/mol. The van der Waals surface area contributed by atoms with Crippen molar-refractivity contribution >= 4 is 11.8 Å². The molecule has 1 fully saturated rings. The number of fused-ring (bicyclic) bond motifs is 1. The fourth-order valence-electron chi connectivity index (χ4n) is 3.22. The molecule has 1 aliphatic heterocycles. The fraction of sp³-hybridized carbons (Fsp3) is 0.625. The molecule has 0 spiro atoms. The number of para-hydroxylation sites is 1. The molecule has 3 rings (SSSR count). The third-order valence-electron chi connectivity index (χ3n) is 4.40. The summed E-state index contributed by atoms with van der Waals surface area (Å²) in [5.74, 6) is 2.67. The summed E-state index contributed by atoms with van der Waals surface area (Å²) in [5.41, 5.74) is 6.51. The van der Waals surface area contributed by atoms with Crippen molar-refractivity contribution < 1.29 is 4.74 Å². The molecule has 2 nitrogen and oxygen atoms in total. The van der Waals surface area contributed by atoms with Crippen LogP contribution in [0.1, 0.15) is 38.5 Å². The molecule has 0 amide bonds. The Labute approximate surface area is 120 Å². The molecule has 1 aromatic rings. The lowest BCUT2D eigenvalue weighted by molar-refractivity contribution is 0.147. The van der Waals surface area contributed by atoms with Crippen LogP contribution in [0.25, 0.3) is 0 Å². The van der Waals surface area contributed by atoms with Crippen LogP contribution in [0, 0.1) is 5.92 Å². The standard InChI is InChI=1S/C16H23NOS/c17-16(12-7-3-1-2-4-8-12)14-11-19-15-10-6-5-9-13(15)18-14/h5-6,9-10,12,14,16H,1-4,7-8,11,17H2. The molecule has 104 valence electrons. The highest BCUT2D eigenvalue weighted by molar-refractivity contribution is 7.99. The number of hydrogen-bond donors (Lipinski definition) is 1. The number of ether oxygens (including phenoxy) is 1. The van der Waals surface area contributed by atoms with Crippen LogP contribution in [0.15, 0.2) is 29.2 Å². The molecule has 0 radical (unpaired) electrons. The van der Waals surface area contributed by atoms with Gasteiger partial charge >= 0.3 is 0 Å². The summed E-state index contributed by atoms with van der Waals surface area (Å²) in [6.45, 7) is 0. The molecule has 2 N–H and O–H groups in total. The Bertz CT molecular complexity index is 415. The Morgan fingerprint density at radius 3 is 2.63 bits per heavy atom. The van der Waals surface area contributed by atoms with Gasteiger partial charge in [0, 0.05) is 16.7 Å². The second-order valence-electron chi connectivity index (χ2n) is 5.74. The Balaban J connectivity index is 1.66. The minimum Gasteiger partial charge on any atom is -0.487 e. The predicted octanol–water partition coefficient (Wildman–Crippen LogP) is 3.84. The molecule has 2 unspecified atom stereocenters. The average molecular weight is 277 g/mol. The lowest BCUT2D eigenvalue weighted by Crippen LogP contribution is -2.47. The highest BCUT2D eigenvalue weighted by Gasteiger charge is 2.31. The van der Waals surface area contributed by atoms with Crippen LogP contribution >= 0.6 is 11.8 Å². The Hall–Kier alpha value is -0.670. The third-order valence-corrected chi connectivity index (χ3v) is 5.55. The highest BCUT2D eigenvalue weighted by Crippen LogP contribution is 2.37. The second-order valence-corrected chi connectivity index (χ2v) is 6.80. The van der Waals surface area contributed by atoms with E-state index in [-0.39, 0.29) is 12.1 Å². The molecule has 1 aromatic carbocycles. The van der Waals surface area contributed by atoms with Crippen LogP contribution in [-0.4, -0.2) is 17.9 Å². The minimum atomic E-state index is 0.183. The first kappa shape index (κ1) is 13.3. The van der Waals surface area contributed by atoms with Gasteiger partial charge in [0.2, 0.25) is 0 Å². The van der Waals surface area contributed by atoms with Crippen LogP contribution in [-0.2, 0) is 0 Å². The van der Waals surface area contributed by atoms with Gasteiger partial charge in [-0.05, 0) is 30.9 Å². The summed E-state index contributed by atoms with van der Waals surface area (Å²) < 4.78 is 6.14. The summed E-state index contributed by atoms with van der Waals surface area (Å²) in [7, 11) is 0. The quantitative estimate of drug-likeness (QED) is 0.834. The van der Waals surface area contributed by atoms with Crippen molar-refractivity contribution in [1.29, 1.82) is 0 Å². The van der Waals surface area contributed by atoms with Gasteiger partial charge in [-0.3, -0.25) is 0 Å². The van der Waals surface area contributed by atoms with E-state index in [0.717, 1.165) is 11.5 Å². The van der Waals surface area contributed by atoms with Gasteiger partial charge in [-0.2, -0.15) is 0 Å². The molecule has 3 heteroatoms. The topological polar surface area (TPSA) is 35.2 Å². The van der Waals surface area contributed by atoms with E-state index < -0.39 is 0 Å². The zero-order valence-corrected chi connectivity index (χ0v) is 12.2. The molecule has 2 atom stereocenters. The number of hydrogen-bond acceptors (Lipinski definition) is 3. The molecule has 1 saturated carbocycles. The van der Waals surface area contributed by atoms with E-state index in [0.29, 0.717) is 5.92 Å². The van der Waals surface area contributed by atoms with Gasteiger partial charge < -0.3 is 10.5 Å². The van der Waals surface area contributed by atoms with Gasteiger partial charge in [-0.15, -0.1) is 11.8 Å². The zero-order chi connectivity index (χ0) is 13.1. The summed E-state index contributed by atoms with van der Waals surface area (Å²) in [4.78, 5) is 1.26. The zero-order valence-electron chi connectivity index (χ0n) is 11.4.